The van der Waals surface area contributed by atoms with Gasteiger partial charge in [-0.1, -0.05) is 19.1 Å². The van der Waals surface area contributed by atoms with Gasteiger partial charge in [0.25, 0.3) is 0 Å². The minimum Gasteiger partial charge on any atom is -1.00 e. The second kappa shape index (κ2) is 14.4. The van der Waals surface area contributed by atoms with Gasteiger partial charge in [-0.3, -0.25) is 0 Å². The molecule has 4 aromatic rings. The number of hydrogen-bond donors (Lipinski definition) is 0. The van der Waals surface area contributed by atoms with E-state index in [0.29, 0.717) is 0 Å². The average molecular weight is 521 g/mol. The SMILES string of the molecule is CC(C)[Si](=[Zr+2])C(C)C.Cc1cc2ccccc2[cH-]1.[Cl-].[Cl-].c1ccc2[cH-]ccc2c1. The van der Waals surface area contributed by atoms with E-state index in [2.05, 4.69) is 113 Å². The number of benzene rings is 2. The Morgan fingerprint density at radius 2 is 1.28 bits per heavy atom. The van der Waals surface area contributed by atoms with E-state index in [4.69, 9.17) is 0 Å². The van der Waals surface area contributed by atoms with Crippen molar-refractivity contribution in [2.45, 2.75) is 45.7 Å². The van der Waals surface area contributed by atoms with Crippen LogP contribution >= 0.6 is 0 Å². The van der Waals surface area contributed by atoms with Crippen molar-refractivity contribution in [1.82, 2.24) is 0 Å². The third kappa shape index (κ3) is 9.35. The van der Waals surface area contributed by atoms with Crippen LogP contribution in [0.2, 0.25) is 11.1 Å². The molecule has 0 nitrogen and oxygen atoms in total. The first-order valence-corrected chi connectivity index (χ1v) is 15.0. The topological polar surface area (TPSA) is 0 Å². The van der Waals surface area contributed by atoms with Crippen LogP contribution in [-0.2, 0) is 23.3 Å². The maximum absolute atomic E-state index is 2.35. The molecule has 4 rings (SSSR count). The summed E-state index contributed by atoms with van der Waals surface area (Å²) in [5.74, 6) is 0. The van der Waals surface area contributed by atoms with Crippen LogP contribution in [0.4, 0.5) is 0 Å². The van der Waals surface area contributed by atoms with Gasteiger partial charge in [0, 0.05) is 0 Å². The predicted octanol–water partition coefficient (Wildman–Crippen LogP) is 1.78. The zero-order valence-corrected chi connectivity index (χ0v) is 22.9. The van der Waals surface area contributed by atoms with Crippen molar-refractivity contribution in [3.63, 3.8) is 0 Å². The zero-order chi connectivity index (χ0) is 19.8. The van der Waals surface area contributed by atoms with Gasteiger partial charge in [0.05, 0.1) is 0 Å². The van der Waals surface area contributed by atoms with Crippen LogP contribution in [0.1, 0.15) is 33.3 Å². The largest absolute Gasteiger partial charge is 1.00 e. The Hall–Kier alpha value is -0.660. The molecule has 0 amide bonds. The van der Waals surface area contributed by atoms with Gasteiger partial charge in [-0.2, -0.15) is 23.6 Å². The van der Waals surface area contributed by atoms with Gasteiger partial charge in [-0.25, -0.2) is 0 Å². The molecule has 0 unspecified atom stereocenters. The van der Waals surface area contributed by atoms with Crippen LogP contribution in [0.15, 0.2) is 78.9 Å². The molecule has 154 valence electrons. The molecule has 0 fully saturated rings. The van der Waals surface area contributed by atoms with Crippen molar-refractivity contribution in [2.24, 2.45) is 0 Å². The standard InChI is InChI=1S/C10H9.C9H7.C6H14Si.2ClH.Zr/c1-8-6-9-4-2-3-5-10(9)7-8;1-2-5-9-7-3-6-8(9)4-1;1-5(2)7-6(3)4;;;/h2-7H,1H3;1-7H;5-6H,1-4H3;2*1H;/q2*-1;;;;+2/p-2. The molecule has 0 aliphatic heterocycles. The normalized spacial score (nSPS) is 9.83. The molecule has 0 saturated carbocycles. The fourth-order valence-electron chi connectivity index (χ4n) is 3.04. The predicted molar refractivity (Wildman–Crippen MR) is 120 cm³/mol. The Kier molecular flexibility index (Phi) is 14.0. The van der Waals surface area contributed by atoms with E-state index in [9.17, 15) is 0 Å². The van der Waals surface area contributed by atoms with Gasteiger partial charge in [-0.05, 0) is 0 Å². The Bertz CT molecular complexity index is 909. The fraction of sp³-hybridized carbons (Fsp3) is 0.280. The van der Waals surface area contributed by atoms with Crippen LogP contribution in [0, 0.1) is 6.92 Å². The van der Waals surface area contributed by atoms with E-state index < -0.39 is 0 Å². The van der Waals surface area contributed by atoms with Crippen molar-refractivity contribution in [3.8, 4) is 0 Å². The summed E-state index contributed by atoms with van der Waals surface area (Å²) in [6.07, 6.45) is 0. The maximum atomic E-state index is 2.35. The van der Waals surface area contributed by atoms with E-state index in [0.717, 1.165) is 11.1 Å². The first kappa shape index (κ1) is 28.3. The van der Waals surface area contributed by atoms with Crippen molar-refractivity contribution in [3.05, 3.63) is 84.4 Å². The summed E-state index contributed by atoms with van der Waals surface area (Å²) in [5.41, 5.74) is 3.38. The molecule has 0 aromatic heterocycles. The molecule has 0 N–H and O–H groups in total. The Morgan fingerprint density at radius 1 is 0.759 bits per heavy atom. The molecule has 0 saturated heterocycles. The van der Waals surface area contributed by atoms with Crippen LogP contribution in [0.5, 0.6) is 0 Å². The number of halogens is 2. The van der Waals surface area contributed by atoms with Gasteiger partial charge in [0.15, 0.2) is 0 Å². The fourth-order valence-corrected chi connectivity index (χ4v) is 4.38. The Morgan fingerprint density at radius 3 is 1.76 bits per heavy atom. The molecular formula is C25H30Cl2SiZr-2. The van der Waals surface area contributed by atoms with Crippen LogP contribution in [-0.4, -0.2) is 5.43 Å². The number of aryl methyl sites for hydroxylation is 1. The van der Waals surface area contributed by atoms with Crippen molar-refractivity contribution in [1.29, 1.82) is 0 Å². The first-order chi connectivity index (χ1) is 12.9. The van der Waals surface area contributed by atoms with Crippen LogP contribution < -0.4 is 24.8 Å². The van der Waals surface area contributed by atoms with Gasteiger partial charge in [0.2, 0.25) is 0 Å². The second-order valence-electron chi connectivity index (χ2n) is 7.58. The molecule has 0 spiro atoms. The molecule has 0 radical (unpaired) electrons. The van der Waals surface area contributed by atoms with E-state index in [1.54, 1.807) is 23.3 Å². The molecule has 0 atom stereocenters. The van der Waals surface area contributed by atoms with Crippen molar-refractivity contribution >= 4 is 27.0 Å². The summed E-state index contributed by atoms with van der Waals surface area (Å²) in [7, 11) is 0. The number of fused-ring (bicyclic) bond motifs is 2. The van der Waals surface area contributed by atoms with Crippen molar-refractivity contribution in [2.75, 3.05) is 0 Å². The summed E-state index contributed by atoms with van der Waals surface area (Å²) >= 11 is 1.80. The van der Waals surface area contributed by atoms with Crippen molar-refractivity contribution < 1.29 is 48.1 Å². The monoisotopic (exact) mass is 518 g/mol. The average Bonchev–Trinajstić information content (AvgIpc) is 3.26. The molecule has 4 heteroatoms. The number of rotatable bonds is 2. The smallest absolute Gasteiger partial charge is 0.0579 e. The van der Waals surface area contributed by atoms with E-state index in [1.165, 1.54) is 27.1 Å². The summed E-state index contributed by atoms with van der Waals surface area (Å²) in [5, 5.41) is 5.36. The van der Waals surface area contributed by atoms with Gasteiger partial charge >= 0.3 is 67.5 Å². The van der Waals surface area contributed by atoms with Crippen LogP contribution in [0.25, 0.3) is 21.5 Å². The maximum Gasteiger partial charge on any atom is -0.0579 e. The van der Waals surface area contributed by atoms with Gasteiger partial charge in [-0.15, -0.1) is 70.3 Å². The third-order valence-corrected chi connectivity index (χ3v) is 15.6. The molecule has 0 bridgehead atoms. The van der Waals surface area contributed by atoms with E-state index >= 15 is 0 Å². The zero-order valence-electron chi connectivity index (χ0n) is 17.9. The van der Waals surface area contributed by atoms with E-state index in [1.807, 2.05) is 0 Å². The first-order valence-electron chi connectivity index (χ1n) is 9.69. The number of hydrogen-bond acceptors (Lipinski definition) is 0. The molecule has 0 aliphatic carbocycles. The quantitative estimate of drug-likeness (QED) is 0.279. The van der Waals surface area contributed by atoms with Gasteiger partial charge in [0.1, 0.15) is 0 Å². The summed E-state index contributed by atoms with van der Waals surface area (Å²) in [4.78, 5) is 0. The molecule has 29 heavy (non-hydrogen) atoms. The molecule has 4 aromatic carbocycles. The summed E-state index contributed by atoms with van der Waals surface area (Å²) < 4.78 is 0. The van der Waals surface area contributed by atoms with E-state index in [-0.39, 0.29) is 30.2 Å². The Labute approximate surface area is 204 Å². The molecular weight excluding hydrogens is 490 g/mol. The molecule has 0 aliphatic rings. The minimum absolute atomic E-state index is 0. The van der Waals surface area contributed by atoms with Gasteiger partial charge < -0.3 is 24.8 Å². The third-order valence-electron chi connectivity index (χ3n) is 4.55. The molecule has 0 heterocycles. The van der Waals surface area contributed by atoms with Crippen LogP contribution in [0.3, 0.4) is 0 Å². The minimum atomic E-state index is 0. The second-order valence-corrected chi connectivity index (χ2v) is 15.1. The summed E-state index contributed by atoms with van der Waals surface area (Å²) in [6.45, 7) is 11.5. The Balaban J connectivity index is 0.000000395. The summed E-state index contributed by atoms with van der Waals surface area (Å²) in [6, 6.07) is 27.5.